The molecule has 8 nitrogen and oxygen atoms in total. The fourth-order valence-corrected chi connectivity index (χ4v) is 3.84. The second kappa shape index (κ2) is 9.44. The molecule has 0 radical (unpaired) electrons. The van der Waals surface area contributed by atoms with Crippen LogP contribution in [0.25, 0.3) is 0 Å². The molecule has 2 heterocycles. The number of piperazine rings is 1. The minimum atomic E-state index is -0.573. The summed E-state index contributed by atoms with van der Waals surface area (Å²) in [6, 6.07) is 3.75. The van der Waals surface area contributed by atoms with Crippen molar-refractivity contribution in [3.05, 3.63) is 34.6 Å². The maximum Gasteiger partial charge on any atom is 0.185 e. The summed E-state index contributed by atoms with van der Waals surface area (Å²) in [4.78, 5) is 14.7. The van der Waals surface area contributed by atoms with E-state index in [2.05, 4.69) is 37.4 Å². The largest absolute Gasteiger partial charge is 0.387 e. The molecule has 0 saturated carbocycles. The van der Waals surface area contributed by atoms with Crippen molar-refractivity contribution >= 4 is 40.5 Å². The Morgan fingerprint density at radius 1 is 1.40 bits per heavy atom. The van der Waals surface area contributed by atoms with E-state index in [0.717, 1.165) is 31.0 Å². The lowest BCUT2D eigenvalue weighted by Gasteiger charge is -2.34. The Bertz CT molecular complexity index is 920. The number of nitrogens with one attached hydrogen (secondary N) is 2. The van der Waals surface area contributed by atoms with E-state index >= 15 is 0 Å². The molecule has 2 atom stereocenters. The normalized spacial score (nSPS) is 23.2. The average molecular weight is 435 g/mol. The maximum atomic E-state index is 14.2. The molecular weight excluding hydrogens is 407 g/mol. The van der Waals surface area contributed by atoms with Gasteiger partial charge in [0, 0.05) is 44.1 Å². The molecule has 1 aromatic carbocycles. The number of rotatable bonds is 4. The van der Waals surface area contributed by atoms with Crippen LogP contribution in [-0.4, -0.2) is 62.8 Å². The van der Waals surface area contributed by atoms with Gasteiger partial charge in [-0.25, -0.2) is 9.38 Å². The van der Waals surface area contributed by atoms with Crippen molar-refractivity contribution < 1.29 is 4.39 Å². The summed E-state index contributed by atoms with van der Waals surface area (Å²) in [6.07, 6.45) is 1.34. The molecular formula is C20H28ClFN8. The van der Waals surface area contributed by atoms with Crippen LogP contribution in [0.5, 0.6) is 0 Å². The van der Waals surface area contributed by atoms with Gasteiger partial charge in [0.25, 0.3) is 0 Å². The maximum absolute atomic E-state index is 14.2. The van der Waals surface area contributed by atoms with Gasteiger partial charge in [-0.3, -0.25) is 9.98 Å². The third kappa shape index (κ3) is 5.09. The van der Waals surface area contributed by atoms with Gasteiger partial charge in [0.15, 0.2) is 11.7 Å². The van der Waals surface area contributed by atoms with Crippen LogP contribution in [0.2, 0.25) is 5.02 Å². The van der Waals surface area contributed by atoms with E-state index in [1.54, 1.807) is 14.0 Å². The minimum Gasteiger partial charge on any atom is -0.387 e. The molecule has 10 heteroatoms. The molecule has 6 N–H and O–H groups in total. The first kappa shape index (κ1) is 22.0. The van der Waals surface area contributed by atoms with E-state index < -0.39 is 11.9 Å². The fourth-order valence-electron chi connectivity index (χ4n) is 3.53. The summed E-state index contributed by atoms with van der Waals surface area (Å²) in [6.45, 7) is 6.64. The van der Waals surface area contributed by atoms with E-state index in [9.17, 15) is 4.39 Å². The number of nitrogens with zero attached hydrogens (tertiary/aromatic N) is 4. The van der Waals surface area contributed by atoms with Crippen LogP contribution in [-0.2, 0) is 0 Å². The number of hydrogen-bond donors (Lipinski definition) is 4. The van der Waals surface area contributed by atoms with Gasteiger partial charge >= 0.3 is 0 Å². The molecule has 2 aliphatic heterocycles. The number of amidine groups is 3. The number of hydrogen-bond acceptors (Lipinski definition) is 6. The van der Waals surface area contributed by atoms with Crippen molar-refractivity contribution in [3.8, 4) is 0 Å². The Balaban J connectivity index is 1.86. The molecule has 3 rings (SSSR count). The Morgan fingerprint density at radius 3 is 2.80 bits per heavy atom. The van der Waals surface area contributed by atoms with Gasteiger partial charge in [0.2, 0.25) is 0 Å². The summed E-state index contributed by atoms with van der Waals surface area (Å²) in [5, 5.41) is 7.06. The molecule has 2 unspecified atom stereocenters. The molecule has 0 bridgehead atoms. The SMILES string of the molecule is CNc1cc(N2CCNC(C)C2)cc(Cl)c1C(N)=NC1C=C(F)C(N=C(C)N)=NC1. The summed E-state index contributed by atoms with van der Waals surface area (Å²) < 4.78 is 14.2. The number of nitrogens with two attached hydrogens (primary N) is 2. The summed E-state index contributed by atoms with van der Waals surface area (Å²) in [5.74, 6) is -0.141. The predicted molar refractivity (Wildman–Crippen MR) is 124 cm³/mol. The van der Waals surface area contributed by atoms with Crippen LogP contribution in [0.1, 0.15) is 19.4 Å². The standard InChI is InChI=1S/C20H28ClFN8/c1-11-10-30(5-4-26-11)14-7-15(21)18(17(8-14)25-3)19(24)29-13-6-16(22)20(27-9-13)28-12(2)23/h6-8,11,13,25-26H,4-5,9-10H2,1-3H3,(H2,24,29)(H2,23,27,28). The smallest absolute Gasteiger partial charge is 0.185 e. The first-order valence-electron chi connectivity index (χ1n) is 9.84. The Hall–Kier alpha value is -2.65. The van der Waals surface area contributed by atoms with Gasteiger partial charge in [-0.2, -0.15) is 0 Å². The summed E-state index contributed by atoms with van der Waals surface area (Å²) in [5.41, 5.74) is 14.1. The monoisotopic (exact) mass is 434 g/mol. The number of anilines is 2. The molecule has 0 aromatic heterocycles. The second-order valence-corrected chi connectivity index (χ2v) is 7.82. The molecule has 2 aliphatic rings. The van der Waals surface area contributed by atoms with Crippen LogP contribution >= 0.6 is 11.6 Å². The van der Waals surface area contributed by atoms with E-state index in [-0.39, 0.29) is 24.1 Å². The molecule has 1 aromatic rings. The topological polar surface area (TPSA) is 116 Å². The van der Waals surface area contributed by atoms with E-state index in [4.69, 9.17) is 23.1 Å². The average Bonchev–Trinajstić information content (AvgIpc) is 2.69. The number of aliphatic imine (C=N–C) groups is 3. The van der Waals surface area contributed by atoms with Crippen molar-refractivity contribution in [3.63, 3.8) is 0 Å². The van der Waals surface area contributed by atoms with Gasteiger partial charge in [-0.15, -0.1) is 0 Å². The van der Waals surface area contributed by atoms with Gasteiger partial charge in [0.1, 0.15) is 5.84 Å². The van der Waals surface area contributed by atoms with Gasteiger partial charge in [0.05, 0.1) is 29.0 Å². The van der Waals surface area contributed by atoms with Crippen LogP contribution in [0, 0.1) is 0 Å². The second-order valence-electron chi connectivity index (χ2n) is 7.42. The van der Waals surface area contributed by atoms with Gasteiger partial charge in [-0.05, 0) is 32.1 Å². The van der Waals surface area contributed by atoms with Crippen molar-refractivity contribution in [2.24, 2.45) is 26.4 Å². The van der Waals surface area contributed by atoms with Crippen molar-refractivity contribution in [2.75, 3.05) is 43.4 Å². The van der Waals surface area contributed by atoms with Crippen LogP contribution in [0.15, 0.2) is 39.0 Å². The first-order chi connectivity index (χ1) is 14.3. The molecule has 1 fully saturated rings. The molecule has 0 amide bonds. The number of benzene rings is 1. The van der Waals surface area contributed by atoms with Gasteiger partial charge < -0.3 is 27.0 Å². The molecule has 1 saturated heterocycles. The highest BCUT2D eigenvalue weighted by Crippen LogP contribution is 2.32. The van der Waals surface area contributed by atoms with Crippen molar-refractivity contribution in [1.82, 2.24) is 5.32 Å². The Labute approximate surface area is 181 Å². The lowest BCUT2D eigenvalue weighted by atomic mass is 10.1. The summed E-state index contributed by atoms with van der Waals surface area (Å²) in [7, 11) is 1.80. The molecule has 162 valence electrons. The van der Waals surface area contributed by atoms with Crippen molar-refractivity contribution in [2.45, 2.75) is 25.9 Å². The van der Waals surface area contributed by atoms with Gasteiger partial charge in [-0.1, -0.05) is 11.6 Å². The third-order valence-electron chi connectivity index (χ3n) is 4.90. The molecule has 0 aliphatic carbocycles. The summed E-state index contributed by atoms with van der Waals surface area (Å²) >= 11 is 6.60. The van der Waals surface area contributed by atoms with Crippen LogP contribution < -0.4 is 27.0 Å². The van der Waals surface area contributed by atoms with Crippen LogP contribution in [0.4, 0.5) is 15.8 Å². The zero-order valence-corrected chi connectivity index (χ0v) is 18.2. The van der Waals surface area contributed by atoms with E-state index in [0.29, 0.717) is 16.6 Å². The predicted octanol–water partition coefficient (Wildman–Crippen LogP) is 1.90. The zero-order chi connectivity index (χ0) is 21.8. The quantitative estimate of drug-likeness (QED) is 0.426. The Morgan fingerprint density at radius 2 is 2.17 bits per heavy atom. The fraction of sp³-hybridized carbons (Fsp3) is 0.450. The van der Waals surface area contributed by atoms with E-state index in [1.165, 1.54) is 6.08 Å². The lowest BCUT2D eigenvalue weighted by Crippen LogP contribution is -2.49. The van der Waals surface area contributed by atoms with Crippen molar-refractivity contribution in [1.29, 1.82) is 0 Å². The zero-order valence-electron chi connectivity index (χ0n) is 17.4. The van der Waals surface area contributed by atoms with E-state index in [1.807, 2.05) is 12.1 Å². The lowest BCUT2D eigenvalue weighted by molar-refractivity contribution is 0.485. The first-order valence-corrected chi connectivity index (χ1v) is 10.2. The minimum absolute atomic E-state index is 0.0245. The highest BCUT2D eigenvalue weighted by molar-refractivity contribution is 6.35. The third-order valence-corrected chi connectivity index (χ3v) is 5.20. The number of halogens is 2. The highest BCUT2D eigenvalue weighted by atomic mass is 35.5. The highest BCUT2D eigenvalue weighted by Gasteiger charge is 2.21. The molecule has 30 heavy (non-hydrogen) atoms. The molecule has 0 spiro atoms. The van der Waals surface area contributed by atoms with Crippen LogP contribution in [0.3, 0.4) is 0 Å². The Kier molecular flexibility index (Phi) is 6.94. The number of dihydropyridines is 1.